The number of carbonyl (C=O) groups excluding carboxylic acids is 2. The number of pyridine rings is 1. The molecule has 1 unspecified atom stereocenters. The fraction of sp³-hybridized carbons (Fsp3) is 0.185. The molecule has 4 aromatic rings. The molecule has 184 valence electrons. The Labute approximate surface area is 219 Å². The zero-order chi connectivity index (χ0) is 24.5. The Kier molecular flexibility index (Phi) is 7.37. The van der Waals surface area contributed by atoms with Crippen molar-refractivity contribution in [2.75, 3.05) is 17.6 Å². The van der Waals surface area contributed by atoms with E-state index in [-0.39, 0.29) is 24.2 Å². The number of thiazole rings is 1. The van der Waals surface area contributed by atoms with Crippen LogP contribution in [0.15, 0.2) is 66.0 Å². The largest absolute Gasteiger partial charge is 0.399 e. The second-order valence-corrected chi connectivity index (χ2v) is 9.53. The Hall–Kier alpha value is -3.75. The zero-order valence-corrected chi connectivity index (χ0v) is 21.5. The van der Waals surface area contributed by atoms with Crippen LogP contribution in [0.5, 0.6) is 0 Å². The number of aryl methyl sites for hydroxylation is 2. The van der Waals surface area contributed by atoms with Gasteiger partial charge in [-0.1, -0.05) is 18.2 Å². The lowest BCUT2D eigenvalue weighted by Crippen LogP contribution is -2.56. The molecular weight excluding hydrogens is 494 g/mol. The molecule has 9 heteroatoms. The molecule has 2 aromatic carbocycles. The highest BCUT2D eigenvalue weighted by Gasteiger charge is 2.38. The number of benzene rings is 2. The maximum Gasteiger partial charge on any atom is 0.254 e. The van der Waals surface area contributed by atoms with Gasteiger partial charge in [-0.2, -0.15) is 0 Å². The molecule has 7 nitrogen and oxygen atoms in total. The van der Waals surface area contributed by atoms with Gasteiger partial charge in [0, 0.05) is 40.1 Å². The molecule has 2 amide bonds. The molecule has 2 aromatic heterocycles. The van der Waals surface area contributed by atoms with E-state index in [0.717, 1.165) is 33.8 Å². The number of nitrogens with two attached hydrogens (primary N) is 1. The zero-order valence-electron chi connectivity index (χ0n) is 19.9. The topological polar surface area (TPSA) is 101 Å². The number of anilines is 2. The van der Waals surface area contributed by atoms with Gasteiger partial charge in [0.2, 0.25) is 5.91 Å². The molecule has 1 fully saturated rings. The summed E-state index contributed by atoms with van der Waals surface area (Å²) >= 11 is 1.37. The molecule has 0 aliphatic carbocycles. The van der Waals surface area contributed by atoms with Crippen LogP contribution in [0.25, 0.3) is 22.4 Å². The second-order valence-electron chi connectivity index (χ2n) is 8.67. The number of amides is 2. The number of nitrogens with one attached hydrogen (secondary N) is 1. The van der Waals surface area contributed by atoms with Crippen molar-refractivity contribution in [1.29, 1.82) is 0 Å². The monoisotopic (exact) mass is 519 g/mol. The van der Waals surface area contributed by atoms with Crippen molar-refractivity contribution in [2.45, 2.75) is 26.3 Å². The van der Waals surface area contributed by atoms with E-state index in [1.807, 2.05) is 31.4 Å². The second kappa shape index (κ2) is 10.5. The summed E-state index contributed by atoms with van der Waals surface area (Å²) in [6.07, 6.45) is 0.623. The van der Waals surface area contributed by atoms with Crippen molar-refractivity contribution in [3.63, 3.8) is 0 Å². The third-order valence-electron chi connectivity index (χ3n) is 6.05. The molecule has 0 bridgehead atoms. The number of hydrogen-bond acceptors (Lipinski definition) is 6. The van der Waals surface area contributed by atoms with E-state index >= 15 is 0 Å². The van der Waals surface area contributed by atoms with E-state index in [4.69, 9.17) is 5.73 Å². The summed E-state index contributed by atoms with van der Waals surface area (Å²) in [6, 6.07) is 18.5. The minimum Gasteiger partial charge on any atom is -0.399 e. The molecule has 3 heterocycles. The first-order valence-corrected chi connectivity index (χ1v) is 12.2. The first-order chi connectivity index (χ1) is 16.9. The number of carbonyl (C=O) groups is 2. The maximum absolute atomic E-state index is 12.9. The SMILES string of the molecule is Cc1cc(-c2cccc(-c3csc(NC(=O)C4CCN4C(=O)c4ccc(N)cc4)n3)c2)cc(C)n1.Cl. The summed E-state index contributed by atoms with van der Waals surface area (Å²) in [7, 11) is 0. The smallest absolute Gasteiger partial charge is 0.254 e. The summed E-state index contributed by atoms with van der Waals surface area (Å²) in [4.78, 5) is 36.3. The molecule has 0 saturated carbocycles. The molecular formula is C27H26ClN5O2S. The molecule has 5 rings (SSSR count). The van der Waals surface area contributed by atoms with Crippen molar-refractivity contribution in [3.8, 4) is 22.4 Å². The van der Waals surface area contributed by atoms with E-state index in [1.54, 1.807) is 29.2 Å². The van der Waals surface area contributed by atoms with Crippen LogP contribution in [0, 0.1) is 13.8 Å². The van der Waals surface area contributed by atoms with Gasteiger partial charge in [-0.15, -0.1) is 23.7 Å². The maximum atomic E-state index is 12.9. The van der Waals surface area contributed by atoms with Gasteiger partial charge in [0.1, 0.15) is 6.04 Å². The lowest BCUT2D eigenvalue weighted by Gasteiger charge is -2.39. The molecule has 0 spiro atoms. The molecule has 1 atom stereocenters. The highest BCUT2D eigenvalue weighted by atomic mass is 35.5. The van der Waals surface area contributed by atoms with Gasteiger partial charge in [-0.25, -0.2) is 4.98 Å². The van der Waals surface area contributed by atoms with E-state index in [1.165, 1.54) is 11.3 Å². The van der Waals surface area contributed by atoms with Crippen LogP contribution in [-0.4, -0.2) is 39.3 Å². The quantitative estimate of drug-likeness (QED) is 0.346. The van der Waals surface area contributed by atoms with Crippen molar-refractivity contribution in [1.82, 2.24) is 14.9 Å². The molecule has 1 aliphatic heterocycles. The lowest BCUT2D eigenvalue weighted by molar-refractivity contribution is -0.123. The molecule has 0 radical (unpaired) electrons. The van der Waals surface area contributed by atoms with Crippen molar-refractivity contribution in [3.05, 3.63) is 83.0 Å². The predicted octanol–water partition coefficient (Wildman–Crippen LogP) is 5.35. The molecule has 1 aliphatic rings. The van der Waals surface area contributed by atoms with Gasteiger partial charge in [0.25, 0.3) is 5.91 Å². The van der Waals surface area contributed by atoms with E-state index < -0.39 is 6.04 Å². The number of aromatic nitrogens is 2. The van der Waals surface area contributed by atoms with Gasteiger partial charge < -0.3 is 16.0 Å². The van der Waals surface area contributed by atoms with Crippen molar-refractivity contribution < 1.29 is 9.59 Å². The standard InChI is InChI=1S/C27H25N5O2S.ClH/c1-16-12-21(13-17(2)29-16)19-4-3-5-20(14-19)23-15-35-27(30-23)31-25(33)24-10-11-32(24)26(34)18-6-8-22(28)9-7-18;/h3-9,12-15,24H,10-11,28H2,1-2H3,(H,30,31,33);1H. The van der Waals surface area contributed by atoms with E-state index in [0.29, 0.717) is 29.3 Å². The van der Waals surface area contributed by atoms with Crippen LogP contribution in [-0.2, 0) is 4.79 Å². The highest BCUT2D eigenvalue weighted by Crippen LogP contribution is 2.30. The van der Waals surface area contributed by atoms with Crippen LogP contribution < -0.4 is 11.1 Å². The number of likely N-dealkylation sites (tertiary alicyclic amines) is 1. The first kappa shape index (κ1) is 25.3. The van der Waals surface area contributed by atoms with Crippen molar-refractivity contribution >= 4 is 46.4 Å². The van der Waals surface area contributed by atoms with Gasteiger partial charge >= 0.3 is 0 Å². The summed E-state index contributed by atoms with van der Waals surface area (Å²) in [6.45, 7) is 4.52. The number of halogens is 1. The Morgan fingerprint density at radius 1 is 0.972 bits per heavy atom. The van der Waals surface area contributed by atoms with Crippen LogP contribution in [0.3, 0.4) is 0 Å². The number of nitrogen functional groups attached to an aromatic ring is 1. The van der Waals surface area contributed by atoms with Gasteiger partial charge in [0.15, 0.2) is 5.13 Å². The number of nitrogens with zero attached hydrogens (tertiary/aromatic N) is 3. The number of hydrogen-bond donors (Lipinski definition) is 2. The van der Waals surface area contributed by atoms with Gasteiger partial charge in [0.05, 0.1) is 5.69 Å². The van der Waals surface area contributed by atoms with Crippen LogP contribution >= 0.6 is 23.7 Å². The Bertz CT molecular complexity index is 1400. The third-order valence-corrected chi connectivity index (χ3v) is 6.81. The normalized spacial score (nSPS) is 14.5. The Morgan fingerprint density at radius 2 is 1.67 bits per heavy atom. The summed E-state index contributed by atoms with van der Waals surface area (Å²) < 4.78 is 0. The minimum atomic E-state index is -0.506. The average Bonchev–Trinajstić information content (AvgIpc) is 3.26. The fourth-order valence-electron chi connectivity index (χ4n) is 4.21. The average molecular weight is 520 g/mol. The van der Waals surface area contributed by atoms with E-state index in [9.17, 15) is 9.59 Å². The molecule has 36 heavy (non-hydrogen) atoms. The fourth-order valence-corrected chi connectivity index (χ4v) is 4.93. The first-order valence-electron chi connectivity index (χ1n) is 11.4. The predicted molar refractivity (Wildman–Crippen MR) is 146 cm³/mol. The summed E-state index contributed by atoms with van der Waals surface area (Å²) in [5, 5.41) is 5.33. The molecule has 1 saturated heterocycles. The van der Waals surface area contributed by atoms with Gasteiger partial charge in [-0.3, -0.25) is 14.6 Å². The van der Waals surface area contributed by atoms with Crippen LogP contribution in [0.4, 0.5) is 10.8 Å². The minimum absolute atomic E-state index is 0. The summed E-state index contributed by atoms with van der Waals surface area (Å²) in [5.74, 6) is -0.396. The Morgan fingerprint density at radius 3 is 2.33 bits per heavy atom. The number of rotatable bonds is 5. The Balaban J connectivity index is 0.00000304. The third kappa shape index (κ3) is 5.24. The van der Waals surface area contributed by atoms with Crippen LogP contribution in [0.2, 0.25) is 0 Å². The van der Waals surface area contributed by atoms with E-state index in [2.05, 4.69) is 39.6 Å². The summed E-state index contributed by atoms with van der Waals surface area (Å²) in [5.41, 5.74) is 12.7. The lowest BCUT2D eigenvalue weighted by atomic mass is 10.00. The van der Waals surface area contributed by atoms with Crippen LogP contribution in [0.1, 0.15) is 28.2 Å². The molecule has 3 N–H and O–H groups in total. The highest BCUT2D eigenvalue weighted by molar-refractivity contribution is 7.14. The van der Waals surface area contributed by atoms with Gasteiger partial charge in [-0.05, 0) is 73.9 Å². The van der Waals surface area contributed by atoms with Crippen molar-refractivity contribution in [2.24, 2.45) is 0 Å².